The van der Waals surface area contributed by atoms with Crippen LogP contribution in [-0.4, -0.2) is 89.7 Å². The molecular weight excluding hydrogens is 461 g/mol. The maximum Gasteiger partial charge on any atom is 0.573 e. The second-order valence-electron chi connectivity index (χ2n) is 7.90. The van der Waals surface area contributed by atoms with Gasteiger partial charge in [0.25, 0.3) is 0 Å². The predicted octanol–water partition coefficient (Wildman–Crippen LogP) is 2.00. The van der Waals surface area contributed by atoms with Gasteiger partial charge in [-0.05, 0) is 6.07 Å². The van der Waals surface area contributed by atoms with Gasteiger partial charge in [-0.1, -0.05) is 6.07 Å². The van der Waals surface area contributed by atoms with Crippen LogP contribution in [0.1, 0.15) is 5.56 Å². The summed E-state index contributed by atoms with van der Waals surface area (Å²) in [6, 6.07) is 7.15. The Kier molecular flexibility index (Phi) is 6.93. The van der Waals surface area contributed by atoms with Crippen LogP contribution < -0.4 is 14.5 Å². The van der Waals surface area contributed by atoms with Gasteiger partial charge in [0.15, 0.2) is 0 Å². The fraction of sp³-hybridized carbons (Fsp3) is 0.476. The number of rotatable bonds is 5. The first-order valence-corrected chi connectivity index (χ1v) is 10.7. The van der Waals surface area contributed by atoms with Gasteiger partial charge in [0, 0.05) is 75.3 Å². The maximum atomic E-state index is 13.1. The molecule has 0 aliphatic carbocycles. The number of hydrogen-bond acceptors (Lipinski definition) is 8. The summed E-state index contributed by atoms with van der Waals surface area (Å²) in [5.41, 5.74) is 1.02. The highest BCUT2D eigenvalue weighted by molar-refractivity contribution is 5.68. The van der Waals surface area contributed by atoms with E-state index in [2.05, 4.69) is 4.74 Å². The SMILES string of the molecule is O=C(On1c(O)ccc1O)N1CCN(Cc2ccc(N3CCOCC3)cc2OC(F)(F)F)CC1. The van der Waals surface area contributed by atoms with E-state index >= 15 is 0 Å². The summed E-state index contributed by atoms with van der Waals surface area (Å²) in [5.74, 6) is -1.11. The number of nitrogens with zero attached hydrogens (tertiary/aromatic N) is 4. The number of hydrogen-bond donors (Lipinski definition) is 2. The summed E-state index contributed by atoms with van der Waals surface area (Å²) in [4.78, 5) is 22.5. The Balaban J connectivity index is 1.39. The Bertz CT molecular complexity index is 981. The number of aromatic hydroxyl groups is 2. The molecule has 1 aromatic carbocycles. The van der Waals surface area contributed by atoms with E-state index in [-0.39, 0.29) is 25.4 Å². The molecule has 4 rings (SSSR count). The summed E-state index contributed by atoms with van der Waals surface area (Å²) in [5, 5.41) is 19.2. The second kappa shape index (κ2) is 9.89. The average Bonchev–Trinajstić information content (AvgIpc) is 3.12. The van der Waals surface area contributed by atoms with E-state index in [1.54, 1.807) is 12.1 Å². The quantitative estimate of drug-likeness (QED) is 0.662. The van der Waals surface area contributed by atoms with Crippen LogP contribution >= 0.6 is 0 Å². The zero-order valence-corrected chi connectivity index (χ0v) is 18.2. The number of alkyl halides is 3. The van der Waals surface area contributed by atoms with Crippen molar-refractivity contribution in [2.45, 2.75) is 12.9 Å². The van der Waals surface area contributed by atoms with Crippen LogP contribution in [-0.2, 0) is 11.3 Å². The minimum absolute atomic E-state index is 0.205. The van der Waals surface area contributed by atoms with Crippen molar-refractivity contribution in [3.8, 4) is 17.5 Å². The molecule has 1 amide bonds. The molecule has 186 valence electrons. The van der Waals surface area contributed by atoms with Gasteiger partial charge in [-0.15, -0.1) is 17.9 Å². The van der Waals surface area contributed by atoms with Gasteiger partial charge >= 0.3 is 12.5 Å². The number of carbonyl (C=O) groups excluding carboxylic acids is 1. The van der Waals surface area contributed by atoms with Gasteiger partial charge < -0.3 is 34.3 Å². The largest absolute Gasteiger partial charge is 0.573 e. The van der Waals surface area contributed by atoms with Crippen LogP contribution in [0.5, 0.6) is 17.5 Å². The van der Waals surface area contributed by atoms with E-state index in [4.69, 9.17) is 9.57 Å². The number of piperazine rings is 1. The normalized spacial score (nSPS) is 17.6. The van der Waals surface area contributed by atoms with Crippen LogP contribution in [0.25, 0.3) is 0 Å². The van der Waals surface area contributed by atoms with E-state index in [0.29, 0.717) is 55.4 Å². The van der Waals surface area contributed by atoms with Gasteiger partial charge in [-0.25, -0.2) is 4.79 Å². The van der Waals surface area contributed by atoms with E-state index in [1.807, 2.05) is 9.80 Å². The van der Waals surface area contributed by atoms with E-state index < -0.39 is 24.2 Å². The summed E-state index contributed by atoms with van der Waals surface area (Å²) in [6.45, 7) is 3.66. The predicted molar refractivity (Wildman–Crippen MR) is 113 cm³/mol. The van der Waals surface area contributed by atoms with Crippen molar-refractivity contribution in [1.29, 1.82) is 0 Å². The van der Waals surface area contributed by atoms with Crippen LogP contribution in [0, 0.1) is 0 Å². The fourth-order valence-corrected chi connectivity index (χ4v) is 3.87. The Hall–Kier alpha value is -3.32. The molecule has 2 N–H and O–H groups in total. The first-order chi connectivity index (χ1) is 16.2. The third-order valence-corrected chi connectivity index (χ3v) is 5.64. The second-order valence-corrected chi connectivity index (χ2v) is 7.90. The zero-order chi connectivity index (χ0) is 24.3. The number of carbonyl (C=O) groups is 1. The van der Waals surface area contributed by atoms with Crippen molar-refractivity contribution in [3.63, 3.8) is 0 Å². The Morgan fingerprint density at radius 2 is 1.62 bits per heavy atom. The molecule has 2 fully saturated rings. The van der Waals surface area contributed by atoms with Crippen molar-refractivity contribution >= 4 is 11.8 Å². The lowest BCUT2D eigenvalue weighted by Gasteiger charge is -2.34. The first-order valence-electron chi connectivity index (χ1n) is 10.7. The van der Waals surface area contributed by atoms with Crippen molar-refractivity contribution < 1.29 is 42.5 Å². The number of ether oxygens (including phenoxy) is 2. The molecule has 2 aromatic rings. The van der Waals surface area contributed by atoms with Crippen molar-refractivity contribution in [2.24, 2.45) is 0 Å². The van der Waals surface area contributed by atoms with E-state index in [1.165, 1.54) is 23.1 Å². The molecule has 2 aliphatic heterocycles. The first kappa shape index (κ1) is 23.8. The topological polar surface area (TPSA) is 99.9 Å². The number of halogens is 3. The molecule has 3 heterocycles. The van der Waals surface area contributed by atoms with Gasteiger partial charge in [0.1, 0.15) is 5.75 Å². The lowest BCUT2D eigenvalue weighted by Crippen LogP contribution is -2.50. The highest BCUT2D eigenvalue weighted by Crippen LogP contribution is 2.32. The van der Waals surface area contributed by atoms with Crippen molar-refractivity contribution in [1.82, 2.24) is 14.5 Å². The van der Waals surface area contributed by atoms with Crippen LogP contribution in [0.15, 0.2) is 30.3 Å². The molecule has 0 atom stereocenters. The number of morpholine rings is 1. The zero-order valence-electron chi connectivity index (χ0n) is 18.2. The standard InChI is InChI=1S/C21H25F3N4O6/c22-21(23,24)33-17-13-16(26-9-11-32-12-10-26)2-1-15(17)14-25-5-7-27(8-6-25)20(31)34-28-18(29)3-4-19(28)30/h1-4,13,29-30H,5-12,14H2. The number of anilines is 1. The Labute approximate surface area is 193 Å². The van der Waals surface area contributed by atoms with Gasteiger partial charge in [-0.3, -0.25) is 4.90 Å². The molecule has 2 aliphatic rings. The van der Waals surface area contributed by atoms with E-state index in [9.17, 15) is 28.2 Å². The lowest BCUT2D eigenvalue weighted by atomic mass is 10.1. The van der Waals surface area contributed by atoms with Gasteiger partial charge in [0.2, 0.25) is 11.8 Å². The molecule has 10 nitrogen and oxygen atoms in total. The molecular formula is C21H25F3N4O6. The van der Waals surface area contributed by atoms with Crippen LogP contribution in [0.3, 0.4) is 0 Å². The molecule has 0 spiro atoms. The molecule has 0 bridgehead atoms. The van der Waals surface area contributed by atoms with Crippen LogP contribution in [0.2, 0.25) is 0 Å². The third kappa shape index (κ3) is 5.78. The monoisotopic (exact) mass is 486 g/mol. The highest BCUT2D eigenvalue weighted by Gasteiger charge is 2.33. The smallest absolute Gasteiger partial charge is 0.492 e. The summed E-state index contributed by atoms with van der Waals surface area (Å²) >= 11 is 0. The molecule has 34 heavy (non-hydrogen) atoms. The number of aromatic nitrogens is 1. The highest BCUT2D eigenvalue weighted by atomic mass is 19.4. The van der Waals surface area contributed by atoms with E-state index in [0.717, 1.165) is 0 Å². The van der Waals surface area contributed by atoms with Gasteiger partial charge in [-0.2, -0.15) is 0 Å². The molecule has 1 aromatic heterocycles. The van der Waals surface area contributed by atoms with Gasteiger partial charge in [0.05, 0.1) is 13.2 Å². The molecule has 0 unspecified atom stereocenters. The third-order valence-electron chi connectivity index (χ3n) is 5.64. The summed E-state index contributed by atoms with van der Waals surface area (Å²) in [6.07, 6.45) is -5.59. The summed E-state index contributed by atoms with van der Waals surface area (Å²) < 4.78 is 49.4. The number of benzene rings is 1. The molecule has 0 saturated carbocycles. The minimum Gasteiger partial charge on any atom is -0.492 e. The minimum atomic E-state index is -4.82. The van der Waals surface area contributed by atoms with Crippen molar-refractivity contribution in [3.05, 3.63) is 35.9 Å². The van der Waals surface area contributed by atoms with Crippen molar-refractivity contribution in [2.75, 3.05) is 57.4 Å². The Morgan fingerprint density at radius 3 is 2.24 bits per heavy atom. The average molecular weight is 486 g/mol. The van der Waals surface area contributed by atoms with Crippen LogP contribution in [0.4, 0.5) is 23.7 Å². The fourth-order valence-electron chi connectivity index (χ4n) is 3.87. The molecule has 13 heteroatoms. The Morgan fingerprint density at radius 1 is 0.971 bits per heavy atom. The molecule has 0 radical (unpaired) electrons. The molecule has 2 saturated heterocycles. The summed E-state index contributed by atoms with van der Waals surface area (Å²) in [7, 11) is 0. The number of amides is 1. The lowest BCUT2D eigenvalue weighted by molar-refractivity contribution is -0.275. The maximum absolute atomic E-state index is 13.1.